The van der Waals surface area contributed by atoms with Crippen molar-refractivity contribution in [2.45, 2.75) is 13.0 Å². The molecule has 0 aliphatic rings. The maximum absolute atomic E-state index is 12.7. The molecule has 0 amide bonds. The maximum atomic E-state index is 12.7. The lowest BCUT2D eigenvalue weighted by Gasteiger charge is -2.05. The standard InChI is InChI=1S/C7H5ClF3NO/c8-5-4(6(9)10)1-3(2-13)12-7(5)11/h1,6,13H,2H2. The van der Waals surface area contributed by atoms with Crippen LogP contribution in [0.25, 0.3) is 0 Å². The van der Waals surface area contributed by atoms with Crippen molar-refractivity contribution in [1.29, 1.82) is 0 Å². The van der Waals surface area contributed by atoms with Crippen LogP contribution in [0.3, 0.4) is 0 Å². The van der Waals surface area contributed by atoms with Crippen molar-refractivity contribution in [3.05, 3.63) is 28.3 Å². The fourth-order valence-corrected chi connectivity index (χ4v) is 0.988. The quantitative estimate of drug-likeness (QED) is 0.762. The molecule has 0 aromatic carbocycles. The normalized spacial score (nSPS) is 10.9. The zero-order chi connectivity index (χ0) is 10.0. The predicted molar refractivity (Wildman–Crippen MR) is 40.1 cm³/mol. The van der Waals surface area contributed by atoms with Crippen molar-refractivity contribution in [2.24, 2.45) is 0 Å². The molecule has 0 bridgehead atoms. The highest BCUT2D eigenvalue weighted by atomic mass is 35.5. The second kappa shape index (κ2) is 3.93. The number of nitrogens with zero attached hydrogens (tertiary/aromatic N) is 1. The molecule has 0 spiro atoms. The van der Waals surface area contributed by atoms with Crippen molar-refractivity contribution in [3.8, 4) is 0 Å². The molecular formula is C7H5ClF3NO. The van der Waals surface area contributed by atoms with Crippen molar-refractivity contribution in [3.63, 3.8) is 0 Å². The molecule has 1 aromatic heterocycles. The highest BCUT2D eigenvalue weighted by molar-refractivity contribution is 6.31. The van der Waals surface area contributed by atoms with Crippen LogP contribution in [0.4, 0.5) is 13.2 Å². The Bertz CT molecular complexity index is 319. The van der Waals surface area contributed by atoms with Crippen LogP contribution < -0.4 is 0 Å². The second-order valence-corrected chi connectivity index (χ2v) is 2.64. The van der Waals surface area contributed by atoms with Crippen LogP contribution in [-0.2, 0) is 6.61 Å². The Morgan fingerprint density at radius 1 is 1.54 bits per heavy atom. The van der Waals surface area contributed by atoms with Crippen molar-refractivity contribution >= 4 is 11.6 Å². The zero-order valence-electron chi connectivity index (χ0n) is 6.27. The molecule has 1 heterocycles. The first-order valence-corrected chi connectivity index (χ1v) is 3.68. The van der Waals surface area contributed by atoms with Gasteiger partial charge in [0.05, 0.1) is 12.3 Å². The molecular weight excluding hydrogens is 207 g/mol. The molecule has 0 atom stereocenters. The summed E-state index contributed by atoms with van der Waals surface area (Å²) in [4.78, 5) is 3.15. The van der Waals surface area contributed by atoms with E-state index >= 15 is 0 Å². The van der Waals surface area contributed by atoms with Crippen LogP contribution in [0, 0.1) is 5.95 Å². The number of alkyl halides is 2. The van der Waals surface area contributed by atoms with Gasteiger partial charge in [-0.3, -0.25) is 0 Å². The molecule has 0 saturated carbocycles. The first-order valence-electron chi connectivity index (χ1n) is 3.30. The van der Waals surface area contributed by atoms with Crippen molar-refractivity contribution in [2.75, 3.05) is 0 Å². The van der Waals surface area contributed by atoms with Crippen LogP contribution >= 0.6 is 11.6 Å². The van der Waals surface area contributed by atoms with Gasteiger partial charge in [-0.15, -0.1) is 0 Å². The molecule has 2 nitrogen and oxygen atoms in total. The fourth-order valence-electron chi connectivity index (χ4n) is 0.809. The van der Waals surface area contributed by atoms with Gasteiger partial charge in [0.15, 0.2) is 0 Å². The summed E-state index contributed by atoms with van der Waals surface area (Å²) in [7, 11) is 0. The molecule has 1 N–H and O–H groups in total. The van der Waals surface area contributed by atoms with Crippen LogP contribution in [0.15, 0.2) is 6.07 Å². The number of pyridine rings is 1. The Balaban J connectivity index is 3.25. The van der Waals surface area contributed by atoms with Gasteiger partial charge in [0.2, 0.25) is 5.95 Å². The largest absolute Gasteiger partial charge is 0.390 e. The molecule has 0 fully saturated rings. The third-order valence-corrected chi connectivity index (χ3v) is 1.77. The van der Waals surface area contributed by atoms with Crippen LogP contribution in [-0.4, -0.2) is 10.1 Å². The first-order chi connectivity index (χ1) is 6.06. The SMILES string of the molecule is OCc1cc(C(F)F)c(Cl)c(F)n1. The maximum Gasteiger partial charge on any atom is 0.265 e. The number of hydrogen-bond donors (Lipinski definition) is 1. The van der Waals surface area contributed by atoms with E-state index in [0.29, 0.717) is 0 Å². The number of aliphatic hydroxyl groups is 1. The van der Waals surface area contributed by atoms with Gasteiger partial charge in [0, 0.05) is 5.56 Å². The van der Waals surface area contributed by atoms with E-state index in [1.165, 1.54) is 0 Å². The molecule has 72 valence electrons. The van der Waals surface area contributed by atoms with Gasteiger partial charge in [-0.05, 0) is 6.07 Å². The average molecular weight is 212 g/mol. The fraction of sp³-hybridized carbons (Fsp3) is 0.286. The van der Waals surface area contributed by atoms with Gasteiger partial charge in [-0.2, -0.15) is 4.39 Å². The summed E-state index contributed by atoms with van der Waals surface area (Å²) < 4.78 is 37.0. The summed E-state index contributed by atoms with van der Waals surface area (Å²) in [5.74, 6) is -1.19. The molecule has 0 aliphatic carbocycles. The number of aromatic nitrogens is 1. The van der Waals surface area contributed by atoms with Crippen LogP contribution in [0.1, 0.15) is 17.7 Å². The highest BCUT2D eigenvalue weighted by Gasteiger charge is 2.17. The minimum atomic E-state index is -2.88. The first kappa shape index (κ1) is 10.3. The summed E-state index contributed by atoms with van der Waals surface area (Å²) >= 11 is 5.22. The molecule has 0 unspecified atom stereocenters. The summed E-state index contributed by atoms with van der Waals surface area (Å²) in [5, 5.41) is 7.84. The summed E-state index contributed by atoms with van der Waals surface area (Å²) in [6.07, 6.45) is -2.88. The number of hydrogen-bond acceptors (Lipinski definition) is 2. The molecule has 1 rings (SSSR count). The topological polar surface area (TPSA) is 33.1 Å². The molecule has 0 radical (unpaired) electrons. The molecule has 0 aliphatic heterocycles. The second-order valence-electron chi connectivity index (χ2n) is 2.27. The van der Waals surface area contributed by atoms with E-state index in [1.54, 1.807) is 0 Å². The lowest BCUT2D eigenvalue weighted by molar-refractivity contribution is 0.150. The number of aliphatic hydroxyl groups excluding tert-OH is 1. The number of rotatable bonds is 2. The Morgan fingerprint density at radius 3 is 2.62 bits per heavy atom. The van der Waals surface area contributed by atoms with E-state index in [-0.39, 0.29) is 5.69 Å². The third kappa shape index (κ3) is 2.10. The minimum Gasteiger partial charge on any atom is -0.390 e. The van der Waals surface area contributed by atoms with E-state index in [9.17, 15) is 13.2 Å². The third-order valence-electron chi connectivity index (χ3n) is 1.40. The van der Waals surface area contributed by atoms with Crippen LogP contribution in [0.5, 0.6) is 0 Å². The average Bonchev–Trinajstić information content (AvgIpc) is 2.09. The summed E-state index contributed by atoms with van der Waals surface area (Å²) in [6, 6.07) is 0.871. The van der Waals surface area contributed by atoms with Gasteiger partial charge < -0.3 is 5.11 Å². The van der Waals surface area contributed by atoms with Gasteiger partial charge in [-0.1, -0.05) is 11.6 Å². The monoisotopic (exact) mass is 211 g/mol. The van der Waals surface area contributed by atoms with Gasteiger partial charge in [-0.25, -0.2) is 13.8 Å². The molecule has 6 heteroatoms. The molecule has 0 saturated heterocycles. The van der Waals surface area contributed by atoms with E-state index < -0.39 is 29.6 Å². The smallest absolute Gasteiger partial charge is 0.265 e. The Kier molecular flexibility index (Phi) is 3.11. The number of halogens is 4. The van der Waals surface area contributed by atoms with Crippen LogP contribution in [0.2, 0.25) is 5.02 Å². The van der Waals surface area contributed by atoms with Gasteiger partial charge in [0.1, 0.15) is 5.02 Å². The van der Waals surface area contributed by atoms with Gasteiger partial charge in [0.25, 0.3) is 6.43 Å². The minimum absolute atomic E-state index is 0.169. The Labute approximate surface area is 77.0 Å². The van der Waals surface area contributed by atoms with E-state index in [1.807, 2.05) is 0 Å². The molecule has 13 heavy (non-hydrogen) atoms. The summed E-state index contributed by atoms with van der Waals surface area (Å²) in [5.41, 5.74) is -0.824. The van der Waals surface area contributed by atoms with E-state index in [4.69, 9.17) is 16.7 Å². The van der Waals surface area contributed by atoms with Gasteiger partial charge >= 0.3 is 0 Å². The Morgan fingerprint density at radius 2 is 2.15 bits per heavy atom. The van der Waals surface area contributed by atoms with E-state index in [0.717, 1.165) is 6.07 Å². The predicted octanol–water partition coefficient (Wildman–Crippen LogP) is 2.30. The van der Waals surface area contributed by atoms with Crippen molar-refractivity contribution < 1.29 is 18.3 Å². The summed E-state index contributed by atoms with van der Waals surface area (Å²) in [6.45, 7) is -0.603. The van der Waals surface area contributed by atoms with Crippen molar-refractivity contribution in [1.82, 2.24) is 4.98 Å². The molecule has 1 aromatic rings. The van der Waals surface area contributed by atoms with E-state index in [2.05, 4.69) is 4.98 Å². The highest BCUT2D eigenvalue weighted by Crippen LogP contribution is 2.28. The lowest BCUT2D eigenvalue weighted by Crippen LogP contribution is -1.98. The lowest BCUT2D eigenvalue weighted by atomic mass is 10.2. The zero-order valence-corrected chi connectivity index (χ0v) is 7.02. The Hall–Kier alpha value is -0.810.